The summed E-state index contributed by atoms with van der Waals surface area (Å²) in [6.45, 7) is 7.64. The molecular formula is C17H17F2N. The van der Waals surface area contributed by atoms with Crippen molar-refractivity contribution in [2.24, 2.45) is 4.99 Å². The number of fused-ring (bicyclic) bond motifs is 1. The van der Waals surface area contributed by atoms with E-state index in [0.717, 1.165) is 16.7 Å². The number of benzene rings is 1. The first-order valence-corrected chi connectivity index (χ1v) is 6.50. The first kappa shape index (κ1) is 14.4. The van der Waals surface area contributed by atoms with Gasteiger partial charge in [-0.15, -0.1) is 0 Å². The number of aliphatic imine (C=N–C) groups is 1. The van der Waals surface area contributed by atoms with Crippen molar-refractivity contribution >= 4 is 11.4 Å². The van der Waals surface area contributed by atoms with Crippen LogP contribution in [-0.4, -0.2) is 12.1 Å². The van der Waals surface area contributed by atoms with Gasteiger partial charge in [0.1, 0.15) is 0 Å². The molecule has 1 aromatic rings. The molecule has 0 aromatic heterocycles. The monoisotopic (exact) mass is 273 g/mol. The van der Waals surface area contributed by atoms with Crippen LogP contribution in [0.15, 0.2) is 53.6 Å². The second kappa shape index (κ2) is 5.95. The van der Waals surface area contributed by atoms with E-state index in [1.54, 1.807) is 13.0 Å². The molecule has 0 aliphatic carbocycles. The van der Waals surface area contributed by atoms with Gasteiger partial charge in [0, 0.05) is 23.3 Å². The van der Waals surface area contributed by atoms with Gasteiger partial charge in [-0.1, -0.05) is 42.5 Å². The summed E-state index contributed by atoms with van der Waals surface area (Å²) in [5, 5.41) is 0. The average Bonchev–Trinajstić information content (AvgIpc) is 2.37. The van der Waals surface area contributed by atoms with Gasteiger partial charge < -0.3 is 0 Å². The van der Waals surface area contributed by atoms with Crippen molar-refractivity contribution in [1.82, 2.24) is 0 Å². The number of aryl methyl sites for hydroxylation is 1. The molecule has 3 heteroatoms. The fourth-order valence-corrected chi connectivity index (χ4v) is 2.27. The average molecular weight is 273 g/mol. The number of nitrogens with zero attached hydrogens (tertiary/aromatic N) is 1. The molecule has 0 fully saturated rings. The third-order valence-corrected chi connectivity index (χ3v) is 3.17. The van der Waals surface area contributed by atoms with Gasteiger partial charge in [-0.05, 0) is 25.5 Å². The zero-order valence-corrected chi connectivity index (χ0v) is 11.7. The fraction of sp³-hybridized carbons (Fsp3) is 0.235. The van der Waals surface area contributed by atoms with Crippen LogP contribution in [0.5, 0.6) is 0 Å². The molecule has 1 nitrogen and oxygen atoms in total. The summed E-state index contributed by atoms with van der Waals surface area (Å²) in [4.78, 5) is 4.34. The maximum absolute atomic E-state index is 12.9. The molecule has 0 saturated heterocycles. The van der Waals surface area contributed by atoms with E-state index < -0.39 is 6.43 Å². The molecular weight excluding hydrogens is 256 g/mol. The number of halogens is 2. The van der Waals surface area contributed by atoms with Gasteiger partial charge in [0.15, 0.2) is 0 Å². The van der Waals surface area contributed by atoms with Gasteiger partial charge in [0.05, 0.1) is 5.70 Å². The zero-order valence-electron chi connectivity index (χ0n) is 11.7. The van der Waals surface area contributed by atoms with E-state index in [9.17, 15) is 8.78 Å². The number of allylic oxidation sites excluding steroid dienone is 4. The number of alkyl halides is 2. The van der Waals surface area contributed by atoms with Crippen molar-refractivity contribution in [1.29, 1.82) is 0 Å². The van der Waals surface area contributed by atoms with Crippen LogP contribution >= 0.6 is 0 Å². The summed E-state index contributed by atoms with van der Waals surface area (Å²) >= 11 is 0. The summed E-state index contributed by atoms with van der Waals surface area (Å²) in [6, 6.07) is 6.04. The Bertz CT molecular complexity index is 622. The lowest BCUT2D eigenvalue weighted by Crippen LogP contribution is -2.10. The molecule has 0 bridgehead atoms. The van der Waals surface area contributed by atoms with Crippen LogP contribution in [0.4, 0.5) is 8.78 Å². The lowest BCUT2D eigenvalue weighted by Gasteiger charge is -2.17. The van der Waals surface area contributed by atoms with Crippen molar-refractivity contribution < 1.29 is 8.78 Å². The number of rotatable bonds is 3. The van der Waals surface area contributed by atoms with E-state index in [1.165, 1.54) is 12.2 Å². The van der Waals surface area contributed by atoms with Crippen LogP contribution in [0.25, 0.3) is 5.70 Å². The van der Waals surface area contributed by atoms with Crippen molar-refractivity contribution in [3.05, 3.63) is 65.3 Å². The smallest absolute Gasteiger partial charge is 0.253 e. The van der Waals surface area contributed by atoms with Crippen molar-refractivity contribution in [2.75, 3.05) is 0 Å². The van der Waals surface area contributed by atoms with E-state index in [1.807, 2.05) is 19.1 Å². The Morgan fingerprint density at radius 2 is 2.15 bits per heavy atom. The van der Waals surface area contributed by atoms with Gasteiger partial charge in [0.25, 0.3) is 6.43 Å². The standard InChI is InChI=1S/C17H17F2N/c1-4-5-13(17(18)19)9-15-10-14-8-11(2)6-7-16(14)12(3)20-15/h4-9,17H,3,10H2,1-2H3/b5-4-,13-9+. The fourth-order valence-electron chi connectivity index (χ4n) is 2.27. The molecule has 0 amide bonds. The largest absolute Gasteiger partial charge is 0.263 e. The number of hydrogen-bond donors (Lipinski definition) is 0. The molecule has 20 heavy (non-hydrogen) atoms. The molecule has 1 heterocycles. The molecule has 0 spiro atoms. The van der Waals surface area contributed by atoms with Crippen molar-refractivity contribution in [3.63, 3.8) is 0 Å². The Hall–Kier alpha value is -2.03. The molecule has 0 N–H and O–H groups in total. The lowest BCUT2D eigenvalue weighted by atomic mass is 9.94. The Kier molecular flexibility index (Phi) is 4.28. The Morgan fingerprint density at radius 1 is 1.40 bits per heavy atom. The minimum absolute atomic E-state index is 0.0184. The first-order valence-electron chi connectivity index (χ1n) is 6.50. The third kappa shape index (κ3) is 3.10. The minimum Gasteiger partial charge on any atom is -0.253 e. The summed E-state index contributed by atoms with van der Waals surface area (Å²) in [6.07, 6.45) is 2.54. The van der Waals surface area contributed by atoms with Crippen LogP contribution in [0.3, 0.4) is 0 Å². The summed E-state index contributed by atoms with van der Waals surface area (Å²) in [7, 11) is 0. The van der Waals surface area contributed by atoms with Crippen LogP contribution in [0, 0.1) is 6.92 Å². The Morgan fingerprint density at radius 3 is 2.80 bits per heavy atom. The van der Waals surface area contributed by atoms with Crippen LogP contribution in [0.2, 0.25) is 0 Å². The van der Waals surface area contributed by atoms with Gasteiger partial charge in [0.2, 0.25) is 0 Å². The second-order valence-corrected chi connectivity index (χ2v) is 4.83. The maximum Gasteiger partial charge on any atom is 0.263 e. The Labute approximate surface area is 118 Å². The molecule has 2 rings (SSSR count). The molecule has 0 unspecified atom stereocenters. The normalized spacial score (nSPS) is 15.8. The highest BCUT2D eigenvalue weighted by Gasteiger charge is 2.16. The van der Waals surface area contributed by atoms with E-state index >= 15 is 0 Å². The first-order chi connectivity index (χ1) is 9.51. The van der Waals surface area contributed by atoms with Crippen LogP contribution in [-0.2, 0) is 6.42 Å². The van der Waals surface area contributed by atoms with Crippen LogP contribution in [0.1, 0.15) is 23.6 Å². The van der Waals surface area contributed by atoms with Crippen LogP contribution < -0.4 is 0 Å². The van der Waals surface area contributed by atoms with E-state index in [0.29, 0.717) is 17.8 Å². The molecule has 1 aliphatic rings. The SMILES string of the molecule is C=C1N=C(/C=C(\C=C/C)C(F)F)Cc2cc(C)ccc21. The molecule has 1 aliphatic heterocycles. The molecule has 0 saturated carbocycles. The van der Waals surface area contributed by atoms with Crippen molar-refractivity contribution in [3.8, 4) is 0 Å². The van der Waals surface area contributed by atoms with E-state index in [2.05, 4.69) is 17.6 Å². The Balaban J connectivity index is 2.37. The topological polar surface area (TPSA) is 12.4 Å². The van der Waals surface area contributed by atoms with E-state index in [-0.39, 0.29) is 5.57 Å². The third-order valence-electron chi connectivity index (χ3n) is 3.17. The minimum atomic E-state index is -2.50. The number of hydrogen-bond acceptors (Lipinski definition) is 1. The lowest BCUT2D eigenvalue weighted by molar-refractivity contribution is 0.194. The van der Waals surface area contributed by atoms with Gasteiger partial charge in [-0.25, -0.2) is 8.78 Å². The maximum atomic E-state index is 12.9. The molecule has 1 aromatic carbocycles. The molecule has 104 valence electrons. The van der Waals surface area contributed by atoms with Crippen molar-refractivity contribution in [2.45, 2.75) is 26.7 Å². The predicted octanol–water partition coefficient (Wildman–Crippen LogP) is 4.73. The van der Waals surface area contributed by atoms with E-state index in [4.69, 9.17) is 0 Å². The van der Waals surface area contributed by atoms with Gasteiger partial charge in [-0.2, -0.15) is 0 Å². The summed E-state index contributed by atoms with van der Waals surface area (Å²) in [5.41, 5.74) is 4.47. The van der Waals surface area contributed by atoms with Gasteiger partial charge >= 0.3 is 0 Å². The molecule has 0 atom stereocenters. The zero-order chi connectivity index (χ0) is 14.7. The molecule has 0 radical (unpaired) electrons. The predicted molar refractivity (Wildman–Crippen MR) is 80.3 cm³/mol. The highest BCUT2D eigenvalue weighted by atomic mass is 19.3. The highest BCUT2D eigenvalue weighted by Crippen LogP contribution is 2.27. The second-order valence-electron chi connectivity index (χ2n) is 4.83. The van der Waals surface area contributed by atoms with Gasteiger partial charge in [-0.3, -0.25) is 4.99 Å². The summed E-state index contributed by atoms with van der Waals surface area (Å²) in [5.74, 6) is 0. The highest BCUT2D eigenvalue weighted by molar-refractivity contribution is 6.03. The summed E-state index contributed by atoms with van der Waals surface area (Å²) < 4.78 is 25.8. The quantitative estimate of drug-likeness (QED) is 0.706.